The van der Waals surface area contributed by atoms with E-state index >= 15 is 0 Å². The number of hydrogen-bond donors (Lipinski definition) is 2. The largest absolute Gasteiger partial charge is 0.382 e. The van der Waals surface area contributed by atoms with Crippen molar-refractivity contribution in [2.45, 2.75) is 38.8 Å². The van der Waals surface area contributed by atoms with E-state index in [9.17, 15) is 19.2 Å². The number of carbonyl (C=O) groups is 4. The number of amides is 4. The molecule has 2 aliphatic heterocycles. The number of benzene rings is 1. The molecule has 0 spiro atoms. The maximum Gasteiger partial charge on any atom is 0.264 e. The van der Waals surface area contributed by atoms with Crippen molar-refractivity contribution in [3.8, 4) is 0 Å². The molecule has 1 aromatic rings. The van der Waals surface area contributed by atoms with Gasteiger partial charge in [-0.15, -0.1) is 0 Å². The number of imide groups is 2. The standard InChI is InChI=1S/C18H21N3O5/c1-10(2)26-9-8-19-12-5-3-4-11-15(12)18(25)21(17(11)24)13-6-7-14(22)20-16(13)23/h3-5,10,13,19H,6-9H2,1-2H3,(H,20,22,23). The number of nitrogens with zero attached hydrogens (tertiary/aromatic N) is 1. The second kappa shape index (κ2) is 7.25. The van der Waals surface area contributed by atoms with E-state index < -0.39 is 29.7 Å². The van der Waals surface area contributed by atoms with Gasteiger partial charge in [0.05, 0.1) is 23.8 Å². The Morgan fingerprint density at radius 2 is 2.00 bits per heavy atom. The van der Waals surface area contributed by atoms with Crippen molar-refractivity contribution in [1.82, 2.24) is 10.2 Å². The number of piperidine rings is 1. The van der Waals surface area contributed by atoms with Gasteiger partial charge in [-0.1, -0.05) is 6.07 Å². The third-order valence-corrected chi connectivity index (χ3v) is 4.34. The molecule has 4 amide bonds. The fraction of sp³-hybridized carbons (Fsp3) is 0.444. The van der Waals surface area contributed by atoms with Crippen LogP contribution < -0.4 is 10.6 Å². The van der Waals surface area contributed by atoms with Crippen LogP contribution in [0, 0.1) is 0 Å². The van der Waals surface area contributed by atoms with Crippen molar-refractivity contribution in [3.05, 3.63) is 29.3 Å². The highest BCUT2D eigenvalue weighted by Gasteiger charge is 2.45. The lowest BCUT2D eigenvalue weighted by atomic mass is 10.0. The van der Waals surface area contributed by atoms with E-state index in [1.807, 2.05) is 13.8 Å². The summed E-state index contributed by atoms with van der Waals surface area (Å²) < 4.78 is 5.46. The van der Waals surface area contributed by atoms with Gasteiger partial charge in [0.1, 0.15) is 6.04 Å². The SMILES string of the molecule is CC(C)OCCNc1cccc2c1C(=O)N(C1CCC(=O)NC1=O)C2=O. The molecular formula is C18H21N3O5. The smallest absolute Gasteiger partial charge is 0.264 e. The summed E-state index contributed by atoms with van der Waals surface area (Å²) in [6.07, 6.45) is 0.340. The van der Waals surface area contributed by atoms with E-state index in [0.29, 0.717) is 18.8 Å². The Labute approximate surface area is 150 Å². The third-order valence-electron chi connectivity index (χ3n) is 4.34. The number of nitrogens with one attached hydrogen (secondary N) is 2. The average Bonchev–Trinajstić information content (AvgIpc) is 2.84. The molecule has 8 heteroatoms. The van der Waals surface area contributed by atoms with Crippen molar-refractivity contribution < 1.29 is 23.9 Å². The molecule has 2 aliphatic rings. The fourth-order valence-corrected chi connectivity index (χ4v) is 3.14. The molecule has 1 fully saturated rings. The quantitative estimate of drug-likeness (QED) is 0.578. The van der Waals surface area contributed by atoms with Gasteiger partial charge in [0.2, 0.25) is 11.8 Å². The van der Waals surface area contributed by atoms with Crippen LogP contribution in [-0.4, -0.2) is 53.8 Å². The first-order chi connectivity index (χ1) is 12.4. The van der Waals surface area contributed by atoms with Crippen molar-refractivity contribution in [2.75, 3.05) is 18.5 Å². The van der Waals surface area contributed by atoms with Crippen LogP contribution in [0.15, 0.2) is 18.2 Å². The van der Waals surface area contributed by atoms with Crippen LogP contribution in [0.1, 0.15) is 47.4 Å². The molecule has 0 bridgehead atoms. The first-order valence-corrected chi connectivity index (χ1v) is 8.60. The van der Waals surface area contributed by atoms with Gasteiger partial charge < -0.3 is 10.1 Å². The van der Waals surface area contributed by atoms with Gasteiger partial charge in [-0.05, 0) is 32.4 Å². The molecule has 1 aromatic carbocycles. The predicted octanol–water partition coefficient (Wildman–Crippen LogP) is 0.925. The summed E-state index contributed by atoms with van der Waals surface area (Å²) >= 11 is 0. The number of rotatable bonds is 6. The van der Waals surface area contributed by atoms with Crippen LogP contribution in [0.3, 0.4) is 0 Å². The highest BCUT2D eigenvalue weighted by atomic mass is 16.5. The molecule has 1 unspecified atom stereocenters. The van der Waals surface area contributed by atoms with Crippen LogP contribution in [-0.2, 0) is 14.3 Å². The number of anilines is 1. The summed E-state index contributed by atoms with van der Waals surface area (Å²) in [5.74, 6) is -2.04. The van der Waals surface area contributed by atoms with E-state index in [1.54, 1.807) is 18.2 Å². The second-order valence-corrected chi connectivity index (χ2v) is 6.52. The molecule has 2 heterocycles. The Hall–Kier alpha value is -2.74. The monoisotopic (exact) mass is 359 g/mol. The first-order valence-electron chi connectivity index (χ1n) is 8.60. The van der Waals surface area contributed by atoms with Crippen LogP contribution in [0.25, 0.3) is 0 Å². The lowest BCUT2D eigenvalue weighted by Crippen LogP contribution is -2.54. The highest BCUT2D eigenvalue weighted by molar-refractivity contribution is 6.25. The van der Waals surface area contributed by atoms with E-state index in [1.165, 1.54) is 0 Å². The summed E-state index contributed by atoms with van der Waals surface area (Å²) in [6.45, 7) is 4.80. The molecule has 3 rings (SSSR count). The van der Waals surface area contributed by atoms with E-state index in [-0.39, 0.29) is 30.1 Å². The van der Waals surface area contributed by atoms with E-state index in [2.05, 4.69) is 10.6 Å². The molecule has 0 radical (unpaired) electrons. The van der Waals surface area contributed by atoms with Crippen molar-refractivity contribution in [3.63, 3.8) is 0 Å². The second-order valence-electron chi connectivity index (χ2n) is 6.52. The maximum absolute atomic E-state index is 12.9. The minimum Gasteiger partial charge on any atom is -0.382 e. The minimum atomic E-state index is -0.961. The van der Waals surface area contributed by atoms with E-state index in [0.717, 1.165) is 4.90 Å². The lowest BCUT2D eigenvalue weighted by molar-refractivity contribution is -0.136. The minimum absolute atomic E-state index is 0.0987. The van der Waals surface area contributed by atoms with E-state index in [4.69, 9.17) is 4.74 Å². The number of ether oxygens (including phenoxy) is 1. The van der Waals surface area contributed by atoms with Gasteiger partial charge in [0, 0.05) is 18.7 Å². The molecule has 0 aromatic heterocycles. The topological polar surface area (TPSA) is 105 Å². The molecule has 138 valence electrons. The third kappa shape index (κ3) is 3.32. The van der Waals surface area contributed by atoms with Gasteiger partial charge in [-0.25, -0.2) is 0 Å². The number of hydrogen-bond acceptors (Lipinski definition) is 6. The van der Waals surface area contributed by atoms with Gasteiger partial charge in [-0.2, -0.15) is 0 Å². The summed E-state index contributed by atoms with van der Waals surface area (Å²) in [4.78, 5) is 49.9. The molecule has 1 atom stereocenters. The van der Waals surface area contributed by atoms with Gasteiger partial charge >= 0.3 is 0 Å². The number of fused-ring (bicyclic) bond motifs is 1. The maximum atomic E-state index is 12.9. The molecule has 0 aliphatic carbocycles. The fourth-order valence-electron chi connectivity index (χ4n) is 3.14. The summed E-state index contributed by atoms with van der Waals surface area (Å²) in [5.41, 5.74) is 1.05. The molecular weight excluding hydrogens is 338 g/mol. The van der Waals surface area contributed by atoms with Gasteiger partial charge in [0.15, 0.2) is 0 Å². The molecule has 2 N–H and O–H groups in total. The van der Waals surface area contributed by atoms with Crippen LogP contribution in [0.2, 0.25) is 0 Å². The molecule has 1 saturated heterocycles. The summed E-state index contributed by atoms with van der Waals surface area (Å²) in [5, 5.41) is 5.30. The predicted molar refractivity (Wildman–Crippen MR) is 92.7 cm³/mol. The average molecular weight is 359 g/mol. The zero-order valence-corrected chi connectivity index (χ0v) is 14.7. The Balaban J connectivity index is 1.80. The molecule has 8 nitrogen and oxygen atoms in total. The molecule has 26 heavy (non-hydrogen) atoms. The van der Waals surface area contributed by atoms with Crippen LogP contribution >= 0.6 is 0 Å². The van der Waals surface area contributed by atoms with Crippen molar-refractivity contribution >= 4 is 29.3 Å². The first kappa shape index (κ1) is 18.1. The van der Waals surface area contributed by atoms with Crippen LogP contribution in [0.5, 0.6) is 0 Å². The van der Waals surface area contributed by atoms with Gasteiger partial charge in [-0.3, -0.25) is 29.4 Å². The Morgan fingerprint density at radius 1 is 1.23 bits per heavy atom. The van der Waals surface area contributed by atoms with Gasteiger partial charge in [0.25, 0.3) is 11.8 Å². The Morgan fingerprint density at radius 3 is 2.69 bits per heavy atom. The van der Waals surface area contributed by atoms with Crippen molar-refractivity contribution in [1.29, 1.82) is 0 Å². The Kier molecular flexibility index (Phi) is 5.03. The van der Waals surface area contributed by atoms with Crippen LogP contribution in [0.4, 0.5) is 5.69 Å². The highest BCUT2D eigenvalue weighted by Crippen LogP contribution is 2.32. The number of carbonyl (C=O) groups excluding carboxylic acids is 4. The Bertz CT molecular complexity index is 774. The summed E-state index contributed by atoms with van der Waals surface area (Å²) in [6, 6.07) is 4.01. The lowest BCUT2D eigenvalue weighted by Gasteiger charge is -2.27. The zero-order chi connectivity index (χ0) is 18.8. The summed E-state index contributed by atoms with van der Waals surface area (Å²) in [7, 11) is 0. The molecule has 0 saturated carbocycles. The van der Waals surface area contributed by atoms with Crippen molar-refractivity contribution in [2.24, 2.45) is 0 Å². The normalized spacial score (nSPS) is 19.8. The zero-order valence-electron chi connectivity index (χ0n) is 14.7.